The van der Waals surface area contributed by atoms with Gasteiger partial charge in [-0.1, -0.05) is 27.2 Å². The molecule has 2 fully saturated rings. The van der Waals surface area contributed by atoms with Crippen LogP contribution in [0.5, 0.6) is 0 Å². The van der Waals surface area contributed by atoms with Crippen LogP contribution < -0.4 is 0 Å². The molecule has 1 N–H and O–H groups in total. The van der Waals surface area contributed by atoms with E-state index in [0.29, 0.717) is 17.7 Å². The molecule has 0 heterocycles. The normalized spacial score (nSPS) is 38.6. The van der Waals surface area contributed by atoms with E-state index in [9.17, 15) is 9.90 Å². The number of aliphatic hydroxyl groups excluding tert-OH is 1. The van der Waals surface area contributed by atoms with Gasteiger partial charge in [-0.15, -0.1) is 0 Å². The summed E-state index contributed by atoms with van der Waals surface area (Å²) in [6, 6.07) is 0.280. The summed E-state index contributed by atoms with van der Waals surface area (Å²) in [5.41, 5.74) is -0.0273. The van der Waals surface area contributed by atoms with E-state index in [1.807, 2.05) is 11.9 Å². The molecule has 1 amide bonds. The molecule has 3 heteroatoms. The average molecular weight is 281 g/mol. The van der Waals surface area contributed by atoms with E-state index in [1.54, 1.807) is 0 Å². The Balaban J connectivity index is 2.14. The summed E-state index contributed by atoms with van der Waals surface area (Å²) in [4.78, 5) is 14.8. The third kappa shape index (κ3) is 2.49. The van der Waals surface area contributed by atoms with Gasteiger partial charge in [0, 0.05) is 19.0 Å². The highest BCUT2D eigenvalue weighted by atomic mass is 16.3. The second kappa shape index (κ2) is 5.67. The molecule has 0 aromatic rings. The highest BCUT2D eigenvalue weighted by molar-refractivity contribution is 5.79. The van der Waals surface area contributed by atoms with Crippen LogP contribution in [0.15, 0.2) is 0 Å². The smallest absolute Gasteiger partial charge is 0.225 e. The zero-order valence-electron chi connectivity index (χ0n) is 13.7. The number of amides is 1. The number of hydrogen-bond acceptors (Lipinski definition) is 2. The first kappa shape index (κ1) is 15.8. The lowest BCUT2D eigenvalue weighted by Crippen LogP contribution is -2.48. The van der Waals surface area contributed by atoms with Crippen molar-refractivity contribution < 1.29 is 9.90 Å². The van der Waals surface area contributed by atoms with Crippen LogP contribution in [0.3, 0.4) is 0 Å². The lowest BCUT2D eigenvalue weighted by Gasteiger charge is -2.44. The summed E-state index contributed by atoms with van der Waals surface area (Å²) in [6.07, 6.45) is 4.82. The molecule has 2 aliphatic carbocycles. The van der Waals surface area contributed by atoms with Crippen molar-refractivity contribution in [3.63, 3.8) is 0 Å². The fourth-order valence-electron chi connectivity index (χ4n) is 4.37. The molecule has 5 atom stereocenters. The van der Waals surface area contributed by atoms with E-state index in [-0.39, 0.29) is 23.5 Å². The molecule has 0 aliphatic heterocycles. The highest BCUT2D eigenvalue weighted by Gasteiger charge is 2.53. The summed E-state index contributed by atoms with van der Waals surface area (Å²) >= 11 is 0. The number of aliphatic hydroxyl groups is 1. The second-order valence-electron chi connectivity index (χ2n) is 7.64. The summed E-state index contributed by atoms with van der Waals surface area (Å²) in [6.45, 7) is 8.66. The summed E-state index contributed by atoms with van der Waals surface area (Å²) < 4.78 is 0. The van der Waals surface area contributed by atoms with Gasteiger partial charge >= 0.3 is 0 Å². The van der Waals surface area contributed by atoms with Crippen LogP contribution in [-0.4, -0.2) is 35.1 Å². The van der Waals surface area contributed by atoms with E-state index in [1.165, 1.54) is 0 Å². The molecule has 0 spiro atoms. The number of fused-ring (bicyclic) bond motifs is 1. The summed E-state index contributed by atoms with van der Waals surface area (Å²) in [7, 11) is 1.95. The quantitative estimate of drug-likeness (QED) is 0.863. The molecule has 0 unspecified atom stereocenters. The maximum Gasteiger partial charge on any atom is 0.225 e. The molecule has 0 saturated heterocycles. The molecule has 2 aliphatic rings. The van der Waals surface area contributed by atoms with Crippen molar-refractivity contribution in [3.05, 3.63) is 0 Å². The van der Waals surface area contributed by atoms with Gasteiger partial charge < -0.3 is 10.0 Å². The van der Waals surface area contributed by atoms with E-state index in [4.69, 9.17) is 0 Å². The van der Waals surface area contributed by atoms with Crippen LogP contribution in [0.2, 0.25) is 0 Å². The first-order chi connectivity index (χ1) is 9.29. The van der Waals surface area contributed by atoms with Crippen molar-refractivity contribution in [1.82, 2.24) is 4.90 Å². The third-order valence-electron chi connectivity index (χ3n) is 6.32. The van der Waals surface area contributed by atoms with Crippen molar-refractivity contribution in [3.8, 4) is 0 Å². The van der Waals surface area contributed by atoms with Crippen molar-refractivity contribution in [1.29, 1.82) is 0 Å². The Labute approximate surface area is 123 Å². The Morgan fingerprint density at radius 2 is 1.90 bits per heavy atom. The van der Waals surface area contributed by atoms with Crippen LogP contribution in [0, 0.1) is 23.2 Å². The first-order valence-corrected chi connectivity index (χ1v) is 8.23. The molecule has 0 aromatic carbocycles. The lowest BCUT2D eigenvalue weighted by molar-refractivity contribution is -0.143. The monoisotopic (exact) mass is 281 g/mol. The second-order valence-corrected chi connectivity index (χ2v) is 7.64. The predicted octanol–water partition coefficient (Wildman–Crippen LogP) is 3.07. The van der Waals surface area contributed by atoms with Gasteiger partial charge in [0.05, 0.1) is 6.10 Å². The number of hydrogen-bond donors (Lipinski definition) is 1. The molecular formula is C17H31NO2. The number of nitrogens with zero attached hydrogens (tertiary/aromatic N) is 1. The van der Waals surface area contributed by atoms with Gasteiger partial charge in [0.25, 0.3) is 0 Å². The number of carbonyl (C=O) groups excluding carboxylic acids is 1. The Hall–Kier alpha value is -0.570. The van der Waals surface area contributed by atoms with Gasteiger partial charge in [-0.2, -0.15) is 0 Å². The van der Waals surface area contributed by atoms with E-state index in [2.05, 4.69) is 27.7 Å². The molecule has 116 valence electrons. The molecule has 0 radical (unpaired) electrons. The standard InChI is InChI=1S/C17H31NO2/c1-11(2)12(3)18(5)16(20)13-7-6-10-17(4)14(13)8-9-15(17)19/h11-15,19H,6-10H2,1-5H3/t12-,13+,14-,15-,17-/m0/s1. The van der Waals surface area contributed by atoms with Crippen molar-refractivity contribution >= 4 is 5.91 Å². The molecule has 20 heavy (non-hydrogen) atoms. The van der Waals surface area contributed by atoms with Crippen molar-refractivity contribution in [2.75, 3.05) is 7.05 Å². The minimum atomic E-state index is -0.212. The number of rotatable bonds is 3. The molecule has 2 saturated carbocycles. The van der Waals surface area contributed by atoms with E-state index >= 15 is 0 Å². The van der Waals surface area contributed by atoms with Crippen LogP contribution in [0.25, 0.3) is 0 Å². The maximum atomic E-state index is 12.9. The van der Waals surface area contributed by atoms with E-state index in [0.717, 1.165) is 32.1 Å². The Morgan fingerprint density at radius 3 is 2.50 bits per heavy atom. The SMILES string of the molecule is CC(C)[C@H](C)N(C)C(=O)[C@@H]1CCC[C@]2(C)[C@@H](O)CC[C@@H]12. The van der Waals surface area contributed by atoms with Crippen LogP contribution in [0.1, 0.15) is 59.8 Å². The van der Waals surface area contributed by atoms with Crippen molar-refractivity contribution in [2.45, 2.75) is 71.9 Å². The molecule has 0 aromatic heterocycles. The molecular weight excluding hydrogens is 250 g/mol. The zero-order valence-corrected chi connectivity index (χ0v) is 13.7. The van der Waals surface area contributed by atoms with Crippen LogP contribution in [0.4, 0.5) is 0 Å². The minimum Gasteiger partial charge on any atom is -0.393 e. The minimum absolute atomic E-state index is 0.0273. The molecule has 2 rings (SSSR count). The maximum absolute atomic E-state index is 12.9. The largest absolute Gasteiger partial charge is 0.393 e. The zero-order chi connectivity index (χ0) is 15.1. The molecule has 3 nitrogen and oxygen atoms in total. The third-order valence-corrected chi connectivity index (χ3v) is 6.32. The fraction of sp³-hybridized carbons (Fsp3) is 0.941. The lowest BCUT2D eigenvalue weighted by atomic mass is 9.63. The van der Waals surface area contributed by atoms with Crippen molar-refractivity contribution in [2.24, 2.45) is 23.2 Å². The predicted molar refractivity (Wildman–Crippen MR) is 81.2 cm³/mol. The molecule has 0 bridgehead atoms. The van der Waals surface area contributed by atoms with Crippen LogP contribution >= 0.6 is 0 Å². The average Bonchev–Trinajstić information content (AvgIpc) is 2.72. The number of carbonyl (C=O) groups is 1. The van der Waals surface area contributed by atoms with Gasteiger partial charge in [0.1, 0.15) is 0 Å². The first-order valence-electron chi connectivity index (χ1n) is 8.23. The van der Waals surface area contributed by atoms with Gasteiger partial charge in [-0.05, 0) is 49.9 Å². The van der Waals surface area contributed by atoms with Gasteiger partial charge in [0.2, 0.25) is 5.91 Å². The fourth-order valence-corrected chi connectivity index (χ4v) is 4.37. The summed E-state index contributed by atoms with van der Waals surface area (Å²) in [5, 5.41) is 10.3. The van der Waals surface area contributed by atoms with E-state index < -0.39 is 0 Å². The Morgan fingerprint density at radius 1 is 1.25 bits per heavy atom. The van der Waals surface area contributed by atoms with Gasteiger partial charge in [0.15, 0.2) is 0 Å². The van der Waals surface area contributed by atoms with Gasteiger partial charge in [-0.25, -0.2) is 0 Å². The Kier molecular flexibility index (Phi) is 4.48. The topological polar surface area (TPSA) is 40.5 Å². The van der Waals surface area contributed by atoms with Gasteiger partial charge in [-0.3, -0.25) is 4.79 Å². The Bertz CT molecular complexity index is 368. The van der Waals surface area contributed by atoms with Crippen LogP contribution in [-0.2, 0) is 4.79 Å². The highest BCUT2D eigenvalue weighted by Crippen LogP contribution is 2.54. The summed E-state index contributed by atoms with van der Waals surface area (Å²) in [5.74, 6) is 1.28.